The highest BCUT2D eigenvalue weighted by Gasteiger charge is 2.48. The number of hydrogen-bond acceptors (Lipinski definition) is 2. The van der Waals surface area contributed by atoms with Gasteiger partial charge >= 0.3 is 0 Å². The number of aryl methyl sites for hydroxylation is 2. The molecular weight excluding hydrogens is 246 g/mol. The summed E-state index contributed by atoms with van der Waals surface area (Å²) in [6, 6.07) is 0. The first-order valence-corrected chi connectivity index (χ1v) is 7.40. The summed E-state index contributed by atoms with van der Waals surface area (Å²) < 4.78 is 1.93. The highest BCUT2D eigenvalue weighted by molar-refractivity contribution is 6.31. The molecular formula is C14H22ClN3. The minimum Gasteiger partial charge on any atom is -0.324 e. The summed E-state index contributed by atoms with van der Waals surface area (Å²) in [4.78, 5) is 0. The Morgan fingerprint density at radius 1 is 1.50 bits per heavy atom. The summed E-state index contributed by atoms with van der Waals surface area (Å²) >= 11 is 6.43. The molecule has 2 N–H and O–H groups in total. The molecule has 4 heteroatoms. The summed E-state index contributed by atoms with van der Waals surface area (Å²) in [7, 11) is 1.98. The van der Waals surface area contributed by atoms with Crippen LogP contribution >= 0.6 is 11.6 Å². The monoisotopic (exact) mass is 267 g/mol. The lowest BCUT2D eigenvalue weighted by Crippen LogP contribution is -2.47. The van der Waals surface area contributed by atoms with E-state index in [0.717, 1.165) is 35.2 Å². The fourth-order valence-electron chi connectivity index (χ4n) is 4.03. The third kappa shape index (κ3) is 1.79. The van der Waals surface area contributed by atoms with E-state index in [2.05, 4.69) is 12.0 Å². The van der Waals surface area contributed by atoms with Crippen LogP contribution in [0.1, 0.15) is 44.0 Å². The number of nitrogens with zero attached hydrogens (tertiary/aromatic N) is 2. The lowest BCUT2D eigenvalue weighted by molar-refractivity contribution is 0.265. The molecule has 18 heavy (non-hydrogen) atoms. The van der Waals surface area contributed by atoms with Crippen LogP contribution in [0.5, 0.6) is 0 Å². The predicted octanol–water partition coefficient (Wildman–Crippen LogP) is 2.70. The van der Waals surface area contributed by atoms with Crippen LogP contribution in [0.2, 0.25) is 5.02 Å². The first-order valence-electron chi connectivity index (χ1n) is 7.02. The molecule has 3 nitrogen and oxygen atoms in total. The highest BCUT2D eigenvalue weighted by Crippen LogP contribution is 2.51. The van der Waals surface area contributed by atoms with Gasteiger partial charge in [-0.15, -0.1) is 0 Å². The maximum atomic E-state index is 6.67. The summed E-state index contributed by atoms with van der Waals surface area (Å²) in [5.41, 5.74) is 8.76. The van der Waals surface area contributed by atoms with E-state index in [9.17, 15) is 0 Å². The normalized spacial score (nSPS) is 34.4. The van der Waals surface area contributed by atoms with Crippen LogP contribution in [0.25, 0.3) is 0 Å². The Balaban J connectivity index is 1.87. The van der Waals surface area contributed by atoms with E-state index in [1.807, 2.05) is 11.7 Å². The Hall–Kier alpha value is -0.540. The molecule has 0 aliphatic heterocycles. The lowest BCUT2D eigenvalue weighted by atomic mass is 9.78. The van der Waals surface area contributed by atoms with Gasteiger partial charge in [0, 0.05) is 19.0 Å². The fourth-order valence-corrected chi connectivity index (χ4v) is 4.39. The molecule has 0 aromatic carbocycles. The summed E-state index contributed by atoms with van der Waals surface area (Å²) in [6.45, 7) is 2.09. The number of nitrogens with two attached hydrogens (primary N) is 1. The van der Waals surface area contributed by atoms with Crippen molar-refractivity contribution in [3.8, 4) is 0 Å². The second-order valence-electron chi connectivity index (χ2n) is 6.17. The van der Waals surface area contributed by atoms with Crippen LogP contribution in [0.15, 0.2) is 0 Å². The van der Waals surface area contributed by atoms with Gasteiger partial charge in [0.05, 0.1) is 16.4 Å². The number of fused-ring (bicyclic) bond motifs is 2. The van der Waals surface area contributed by atoms with Gasteiger partial charge in [0.25, 0.3) is 0 Å². The van der Waals surface area contributed by atoms with E-state index >= 15 is 0 Å². The van der Waals surface area contributed by atoms with E-state index in [0.29, 0.717) is 5.92 Å². The Labute approximate surface area is 114 Å². The summed E-state index contributed by atoms with van der Waals surface area (Å²) in [5.74, 6) is 1.55. The van der Waals surface area contributed by atoms with Crippen LogP contribution in [0, 0.1) is 11.8 Å². The molecule has 1 heterocycles. The van der Waals surface area contributed by atoms with Crippen LogP contribution < -0.4 is 5.73 Å². The van der Waals surface area contributed by atoms with Gasteiger partial charge < -0.3 is 5.73 Å². The minimum absolute atomic E-state index is 0.0363. The smallest absolute Gasteiger partial charge is 0.0850 e. The molecule has 100 valence electrons. The van der Waals surface area contributed by atoms with Gasteiger partial charge in [-0.05, 0) is 37.5 Å². The van der Waals surface area contributed by atoms with Gasteiger partial charge in [-0.3, -0.25) is 4.68 Å². The van der Waals surface area contributed by atoms with Crippen molar-refractivity contribution in [2.75, 3.05) is 0 Å². The van der Waals surface area contributed by atoms with Crippen LogP contribution in [0.3, 0.4) is 0 Å². The van der Waals surface area contributed by atoms with E-state index in [4.69, 9.17) is 17.3 Å². The zero-order chi connectivity index (χ0) is 12.9. The molecule has 0 spiro atoms. The molecule has 0 saturated heterocycles. The van der Waals surface area contributed by atoms with Crippen molar-refractivity contribution in [2.24, 2.45) is 24.6 Å². The highest BCUT2D eigenvalue weighted by atomic mass is 35.5. The average Bonchev–Trinajstić information content (AvgIpc) is 2.97. The molecule has 0 radical (unpaired) electrons. The number of rotatable bonds is 3. The van der Waals surface area contributed by atoms with Crippen molar-refractivity contribution >= 4 is 11.6 Å². The first-order chi connectivity index (χ1) is 8.53. The molecule has 3 unspecified atom stereocenters. The molecule has 1 aromatic heterocycles. The third-order valence-electron chi connectivity index (χ3n) is 5.02. The van der Waals surface area contributed by atoms with Crippen LogP contribution in [-0.4, -0.2) is 15.3 Å². The van der Waals surface area contributed by atoms with Gasteiger partial charge in [0.1, 0.15) is 0 Å². The maximum Gasteiger partial charge on any atom is 0.0850 e. The first kappa shape index (κ1) is 12.5. The van der Waals surface area contributed by atoms with E-state index in [1.165, 1.54) is 25.7 Å². The Morgan fingerprint density at radius 2 is 2.28 bits per heavy atom. The summed E-state index contributed by atoms with van der Waals surface area (Å²) in [6.07, 6.45) is 6.94. The Kier molecular flexibility index (Phi) is 2.94. The molecule has 2 saturated carbocycles. The zero-order valence-electron chi connectivity index (χ0n) is 11.2. The molecule has 2 bridgehead atoms. The number of halogens is 1. The van der Waals surface area contributed by atoms with Crippen molar-refractivity contribution in [1.82, 2.24) is 9.78 Å². The summed E-state index contributed by atoms with van der Waals surface area (Å²) in [5, 5.41) is 5.33. The molecule has 3 atom stereocenters. The second kappa shape index (κ2) is 4.24. The van der Waals surface area contributed by atoms with Gasteiger partial charge in [-0.25, -0.2) is 0 Å². The van der Waals surface area contributed by atoms with Crippen molar-refractivity contribution in [2.45, 2.75) is 51.0 Å². The molecule has 1 aromatic rings. The van der Waals surface area contributed by atoms with E-state index in [1.54, 1.807) is 0 Å². The quantitative estimate of drug-likeness (QED) is 0.915. The molecule has 2 fully saturated rings. The van der Waals surface area contributed by atoms with Crippen molar-refractivity contribution in [1.29, 1.82) is 0 Å². The largest absolute Gasteiger partial charge is 0.324 e. The number of hydrogen-bond donors (Lipinski definition) is 1. The van der Waals surface area contributed by atoms with Gasteiger partial charge in [-0.1, -0.05) is 24.9 Å². The van der Waals surface area contributed by atoms with E-state index in [-0.39, 0.29) is 5.54 Å². The minimum atomic E-state index is -0.0363. The molecule has 2 aliphatic rings. The van der Waals surface area contributed by atoms with Crippen LogP contribution in [0.4, 0.5) is 0 Å². The number of aromatic nitrogens is 2. The van der Waals surface area contributed by atoms with Gasteiger partial charge in [-0.2, -0.15) is 5.10 Å². The van der Waals surface area contributed by atoms with Crippen molar-refractivity contribution in [3.63, 3.8) is 0 Å². The average molecular weight is 268 g/mol. The molecule has 2 aliphatic carbocycles. The Morgan fingerprint density at radius 3 is 2.78 bits per heavy atom. The lowest BCUT2D eigenvalue weighted by Gasteiger charge is -2.34. The van der Waals surface area contributed by atoms with Gasteiger partial charge in [0.15, 0.2) is 0 Å². The van der Waals surface area contributed by atoms with Gasteiger partial charge in [0.2, 0.25) is 0 Å². The zero-order valence-corrected chi connectivity index (χ0v) is 12.0. The maximum absolute atomic E-state index is 6.67. The van der Waals surface area contributed by atoms with Crippen LogP contribution in [-0.2, 0) is 19.9 Å². The molecule has 0 amide bonds. The third-order valence-corrected chi connectivity index (χ3v) is 5.46. The standard InChI is InChI=1S/C14H22ClN3/c1-3-11-13(15)12(18(2)17-11)8-14(16)7-9-4-5-10(14)6-9/h9-10H,3-8,16H2,1-2H3. The fraction of sp³-hybridized carbons (Fsp3) is 0.786. The Bertz CT molecular complexity index is 468. The van der Waals surface area contributed by atoms with Crippen molar-refractivity contribution in [3.05, 3.63) is 16.4 Å². The topological polar surface area (TPSA) is 43.8 Å². The molecule has 3 rings (SSSR count). The predicted molar refractivity (Wildman–Crippen MR) is 73.7 cm³/mol. The van der Waals surface area contributed by atoms with E-state index < -0.39 is 0 Å². The second-order valence-corrected chi connectivity index (χ2v) is 6.55. The SMILES string of the molecule is CCc1nn(C)c(CC2(N)CC3CCC2C3)c1Cl. The van der Waals surface area contributed by atoms with Crippen molar-refractivity contribution < 1.29 is 0 Å².